The van der Waals surface area contributed by atoms with Crippen molar-refractivity contribution in [2.45, 2.75) is 13.8 Å². The van der Waals surface area contributed by atoms with E-state index < -0.39 is 0 Å². The number of aryl methyl sites for hydroxylation is 2. The Hall–Kier alpha value is -7.36. The minimum atomic E-state index is 0.517. The first kappa shape index (κ1) is 31.4. The quantitative estimate of drug-likeness (QED) is 0.180. The third kappa shape index (κ3) is 4.98. The van der Waals surface area contributed by atoms with Gasteiger partial charge in [-0.15, -0.1) is 0 Å². The molecule has 6 nitrogen and oxygen atoms in total. The molecule has 3 heterocycles. The lowest BCUT2D eigenvalue weighted by Crippen LogP contribution is -2.07. The lowest BCUT2D eigenvalue weighted by atomic mass is 10.0. The Balaban J connectivity index is 1.36. The summed E-state index contributed by atoms with van der Waals surface area (Å²) in [5.74, 6) is 1.67. The summed E-state index contributed by atoms with van der Waals surface area (Å²) in [5.41, 5.74) is 11.0. The second kappa shape index (κ2) is 12.4. The van der Waals surface area contributed by atoms with Gasteiger partial charge in [0.25, 0.3) is 0 Å². The van der Waals surface area contributed by atoms with Gasteiger partial charge in [-0.1, -0.05) is 120 Å². The van der Waals surface area contributed by atoms with Crippen LogP contribution in [0.3, 0.4) is 0 Å². The number of benzene rings is 7. The molecule has 254 valence electrons. The molecule has 0 spiro atoms. The van der Waals surface area contributed by atoms with E-state index in [9.17, 15) is 5.26 Å². The van der Waals surface area contributed by atoms with E-state index >= 15 is 0 Å². The molecule has 0 N–H and O–H groups in total. The molecule has 7 aromatic carbocycles. The average molecular weight is 693 g/mol. The summed E-state index contributed by atoms with van der Waals surface area (Å²) in [6, 6.07) is 56.7. The number of para-hydroxylation sites is 2. The molecule has 0 amide bonds. The number of fused-ring (bicyclic) bond motifs is 6. The molecule has 6 heteroatoms. The van der Waals surface area contributed by atoms with Crippen LogP contribution in [0.2, 0.25) is 0 Å². The lowest BCUT2D eigenvalue weighted by Gasteiger charge is -2.18. The summed E-state index contributed by atoms with van der Waals surface area (Å²) >= 11 is 0. The Morgan fingerprint density at radius 2 is 0.796 bits per heavy atom. The maximum Gasteiger partial charge on any atom is 0.164 e. The fourth-order valence-corrected chi connectivity index (χ4v) is 7.84. The van der Waals surface area contributed by atoms with Crippen LogP contribution in [-0.4, -0.2) is 24.1 Å². The van der Waals surface area contributed by atoms with Crippen molar-refractivity contribution in [1.29, 1.82) is 5.26 Å². The largest absolute Gasteiger partial charge is 0.308 e. The first-order valence-electron chi connectivity index (χ1n) is 18.0. The highest BCUT2D eigenvalue weighted by molar-refractivity contribution is 6.11. The summed E-state index contributed by atoms with van der Waals surface area (Å²) in [4.78, 5) is 15.3. The summed E-state index contributed by atoms with van der Waals surface area (Å²) in [5, 5.41) is 15.8. The number of hydrogen-bond donors (Lipinski definition) is 0. The van der Waals surface area contributed by atoms with Crippen molar-refractivity contribution in [2.75, 3.05) is 0 Å². The van der Waals surface area contributed by atoms with Crippen molar-refractivity contribution < 1.29 is 0 Å². The summed E-state index contributed by atoms with van der Waals surface area (Å²) in [7, 11) is 0. The van der Waals surface area contributed by atoms with Gasteiger partial charge < -0.3 is 9.13 Å². The van der Waals surface area contributed by atoms with Gasteiger partial charge in [0.05, 0.1) is 33.4 Å². The van der Waals surface area contributed by atoms with Crippen LogP contribution in [0.25, 0.3) is 89.2 Å². The van der Waals surface area contributed by atoms with E-state index in [2.05, 4.69) is 126 Å². The van der Waals surface area contributed by atoms with Crippen LogP contribution >= 0.6 is 0 Å². The van der Waals surface area contributed by atoms with Gasteiger partial charge in [0, 0.05) is 38.2 Å². The van der Waals surface area contributed by atoms with E-state index in [0.29, 0.717) is 23.0 Å². The Labute approximate surface area is 311 Å². The molecular formula is C48H32N6. The van der Waals surface area contributed by atoms with Crippen LogP contribution in [-0.2, 0) is 0 Å². The number of nitrogens with zero attached hydrogens (tertiary/aromatic N) is 6. The van der Waals surface area contributed by atoms with Crippen LogP contribution in [0.5, 0.6) is 0 Å². The SMILES string of the molecule is Cc1ccc2c(c1)c1ccccc1n2-c1cc(-c2nc(-c3ccccc3)nc(-c3ccccc3)n2)cc(-n2c3ccccc3c3cc(C)ccc32)c1C#N. The van der Waals surface area contributed by atoms with Crippen LogP contribution in [0.1, 0.15) is 16.7 Å². The smallest absolute Gasteiger partial charge is 0.164 e. The molecule has 0 bridgehead atoms. The summed E-state index contributed by atoms with van der Waals surface area (Å²) in [6.45, 7) is 4.23. The molecule has 0 radical (unpaired) electrons. The molecule has 0 fully saturated rings. The fraction of sp³-hybridized carbons (Fsp3) is 0.0417. The molecule has 0 aliphatic carbocycles. The van der Waals surface area contributed by atoms with Crippen molar-refractivity contribution in [2.24, 2.45) is 0 Å². The zero-order valence-corrected chi connectivity index (χ0v) is 29.7. The fourth-order valence-electron chi connectivity index (χ4n) is 7.84. The van der Waals surface area contributed by atoms with E-state index in [4.69, 9.17) is 15.0 Å². The first-order valence-corrected chi connectivity index (χ1v) is 18.0. The number of aromatic nitrogens is 5. The number of nitriles is 1. The minimum absolute atomic E-state index is 0.517. The molecule has 0 saturated carbocycles. The molecule has 0 aliphatic rings. The van der Waals surface area contributed by atoms with Gasteiger partial charge >= 0.3 is 0 Å². The van der Waals surface area contributed by atoms with Gasteiger partial charge in [-0.05, 0) is 62.4 Å². The highest BCUT2D eigenvalue weighted by Gasteiger charge is 2.24. The molecule has 54 heavy (non-hydrogen) atoms. The predicted octanol–water partition coefficient (Wildman–Crippen LogP) is 11.6. The van der Waals surface area contributed by atoms with E-state index in [1.807, 2.05) is 60.7 Å². The summed E-state index contributed by atoms with van der Waals surface area (Å²) in [6.07, 6.45) is 0. The van der Waals surface area contributed by atoms with Crippen LogP contribution in [0.4, 0.5) is 0 Å². The molecule has 0 aliphatic heterocycles. The van der Waals surface area contributed by atoms with E-state index in [0.717, 1.165) is 71.7 Å². The molecular weight excluding hydrogens is 661 g/mol. The van der Waals surface area contributed by atoms with Crippen molar-refractivity contribution in [3.63, 3.8) is 0 Å². The highest BCUT2D eigenvalue weighted by atomic mass is 15.1. The molecule has 0 saturated heterocycles. The van der Waals surface area contributed by atoms with Gasteiger partial charge in [0.1, 0.15) is 11.6 Å². The maximum absolute atomic E-state index is 11.3. The van der Waals surface area contributed by atoms with E-state index in [1.54, 1.807) is 0 Å². The first-order chi connectivity index (χ1) is 26.6. The van der Waals surface area contributed by atoms with Crippen molar-refractivity contribution in [3.05, 3.63) is 174 Å². The van der Waals surface area contributed by atoms with Crippen molar-refractivity contribution in [1.82, 2.24) is 24.1 Å². The Kier molecular flexibility index (Phi) is 7.21. The van der Waals surface area contributed by atoms with Gasteiger partial charge in [-0.2, -0.15) is 5.26 Å². The zero-order valence-electron chi connectivity index (χ0n) is 29.7. The Bertz CT molecular complexity index is 2930. The van der Waals surface area contributed by atoms with E-state index in [1.165, 1.54) is 11.1 Å². The summed E-state index contributed by atoms with van der Waals surface area (Å²) < 4.78 is 4.45. The monoisotopic (exact) mass is 692 g/mol. The third-order valence-corrected chi connectivity index (χ3v) is 10.3. The minimum Gasteiger partial charge on any atom is -0.308 e. The van der Waals surface area contributed by atoms with Gasteiger partial charge in [-0.25, -0.2) is 15.0 Å². The number of rotatable bonds is 5. The molecule has 3 aromatic heterocycles. The lowest BCUT2D eigenvalue weighted by molar-refractivity contribution is 1.06. The van der Waals surface area contributed by atoms with Crippen LogP contribution in [0, 0.1) is 25.2 Å². The topological polar surface area (TPSA) is 72.3 Å². The molecule has 10 rings (SSSR count). The molecule has 0 unspecified atom stereocenters. The van der Waals surface area contributed by atoms with Crippen LogP contribution < -0.4 is 0 Å². The van der Waals surface area contributed by atoms with E-state index in [-0.39, 0.29) is 0 Å². The van der Waals surface area contributed by atoms with Crippen LogP contribution in [0.15, 0.2) is 158 Å². The van der Waals surface area contributed by atoms with Gasteiger partial charge in [0.15, 0.2) is 17.5 Å². The second-order valence-corrected chi connectivity index (χ2v) is 13.8. The Morgan fingerprint density at radius 1 is 0.407 bits per heavy atom. The standard InChI is InChI=1S/C48H32N6/c1-30-21-23-42-37(25-30)35-17-9-11-19-40(35)53(42)44-27-34(48-51-46(32-13-5-3-6-14-32)50-47(52-48)33-15-7-4-8-16-33)28-45(39(44)29-49)54-41-20-12-10-18-36(41)38-26-31(2)22-24-43(38)54/h3-28H,1-2H3. The maximum atomic E-state index is 11.3. The molecule has 0 atom stereocenters. The van der Waals surface area contributed by atoms with Crippen molar-refractivity contribution >= 4 is 43.6 Å². The number of hydrogen-bond acceptors (Lipinski definition) is 4. The van der Waals surface area contributed by atoms with Gasteiger partial charge in [0.2, 0.25) is 0 Å². The highest BCUT2D eigenvalue weighted by Crippen LogP contribution is 2.40. The molecule has 10 aromatic rings. The zero-order chi connectivity index (χ0) is 36.3. The predicted molar refractivity (Wildman–Crippen MR) is 219 cm³/mol. The second-order valence-electron chi connectivity index (χ2n) is 13.8. The van der Waals surface area contributed by atoms with Gasteiger partial charge in [-0.3, -0.25) is 0 Å². The normalized spacial score (nSPS) is 11.5. The Morgan fingerprint density at radius 3 is 1.24 bits per heavy atom. The average Bonchev–Trinajstić information content (AvgIpc) is 3.72. The van der Waals surface area contributed by atoms with Crippen molar-refractivity contribution in [3.8, 4) is 51.6 Å². The third-order valence-electron chi connectivity index (χ3n) is 10.3.